The van der Waals surface area contributed by atoms with Gasteiger partial charge in [-0.1, -0.05) is 35.3 Å². The van der Waals surface area contributed by atoms with Crippen molar-refractivity contribution in [1.29, 1.82) is 0 Å². The van der Waals surface area contributed by atoms with Crippen LogP contribution in [-0.4, -0.2) is 40.3 Å². The minimum Gasteiger partial charge on any atom is -0.490 e. The number of nitrogens with one attached hydrogen (secondary N) is 1. The first kappa shape index (κ1) is 22.3. The van der Waals surface area contributed by atoms with Gasteiger partial charge in [0.25, 0.3) is 0 Å². The number of hydrogen-bond acceptors (Lipinski definition) is 4. The van der Waals surface area contributed by atoms with Crippen LogP contribution in [0.25, 0.3) is 0 Å². The average molecular weight is 445 g/mol. The summed E-state index contributed by atoms with van der Waals surface area (Å²) in [4.78, 5) is 12.0. The van der Waals surface area contributed by atoms with Crippen LogP contribution in [0, 0.1) is 0 Å². The summed E-state index contributed by atoms with van der Waals surface area (Å²) in [6, 6.07) is 13.6. The highest BCUT2D eigenvalue weighted by molar-refractivity contribution is 7.92. The van der Waals surface area contributed by atoms with Crippen LogP contribution in [0.15, 0.2) is 48.5 Å². The zero-order chi connectivity index (χ0) is 20.6. The molecule has 0 unspecified atom stereocenters. The lowest BCUT2D eigenvalue weighted by Crippen LogP contribution is -2.32. The molecule has 1 amide bonds. The van der Waals surface area contributed by atoms with Gasteiger partial charge in [0.15, 0.2) is 0 Å². The molecule has 152 valence electrons. The van der Waals surface area contributed by atoms with Gasteiger partial charge in [0.05, 0.1) is 23.5 Å². The molecule has 0 aliphatic carbocycles. The molecule has 0 aliphatic rings. The molecule has 6 nitrogen and oxygen atoms in total. The van der Waals surface area contributed by atoms with Crippen LogP contribution in [-0.2, 0) is 14.8 Å². The maximum atomic E-state index is 12.0. The van der Waals surface area contributed by atoms with Crippen LogP contribution in [0.1, 0.15) is 12.8 Å². The zero-order valence-electron chi connectivity index (χ0n) is 15.4. The monoisotopic (exact) mass is 444 g/mol. The number of amides is 1. The molecule has 2 aromatic rings. The number of nitrogens with zero attached hydrogens (tertiary/aromatic N) is 1. The van der Waals surface area contributed by atoms with E-state index >= 15 is 0 Å². The third-order valence-corrected chi connectivity index (χ3v) is 5.56. The molecule has 0 aromatic heterocycles. The van der Waals surface area contributed by atoms with E-state index in [4.69, 9.17) is 27.9 Å². The van der Waals surface area contributed by atoms with Gasteiger partial charge in [0.1, 0.15) is 12.4 Å². The fourth-order valence-corrected chi connectivity index (χ4v) is 3.76. The number of carbonyl (C=O) groups is 1. The maximum Gasteiger partial charge on any atom is 0.232 e. The molecule has 2 rings (SSSR count). The predicted octanol–water partition coefficient (Wildman–Crippen LogP) is 3.73. The van der Waals surface area contributed by atoms with Gasteiger partial charge >= 0.3 is 0 Å². The quantitative estimate of drug-likeness (QED) is 0.566. The van der Waals surface area contributed by atoms with Crippen molar-refractivity contribution in [2.75, 3.05) is 30.3 Å². The van der Waals surface area contributed by atoms with Gasteiger partial charge in [-0.2, -0.15) is 0 Å². The van der Waals surface area contributed by atoms with Crippen molar-refractivity contribution in [3.05, 3.63) is 58.6 Å². The Hall–Kier alpha value is -1.96. The second-order valence-electron chi connectivity index (χ2n) is 6.04. The van der Waals surface area contributed by atoms with E-state index in [0.717, 1.165) is 6.26 Å². The molecule has 9 heteroatoms. The highest BCUT2D eigenvalue weighted by Crippen LogP contribution is 2.23. The van der Waals surface area contributed by atoms with Crippen molar-refractivity contribution >= 4 is 44.8 Å². The number of hydrogen-bond donors (Lipinski definition) is 1. The number of anilines is 1. The first-order valence-electron chi connectivity index (χ1n) is 8.64. The molecule has 1 N–H and O–H groups in total. The number of benzene rings is 2. The molecule has 0 heterocycles. The average Bonchev–Trinajstić information content (AvgIpc) is 2.64. The Bertz CT molecular complexity index is 889. The molecular formula is C19H22Cl2N2O4S. The van der Waals surface area contributed by atoms with E-state index in [9.17, 15) is 13.2 Å². The molecule has 0 fully saturated rings. The Kier molecular flexibility index (Phi) is 8.41. The van der Waals surface area contributed by atoms with E-state index in [1.54, 1.807) is 42.5 Å². The molecule has 28 heavy (non-hydrogen) atoms. The van der Waals surface area contributed by atoms with Gasteiger partial charge in [-0.25, -0.2) is 8.42 Å². The van der Waals surface area contributed by atoms with E-state index < -0.39 is 10.0 Å². The van der Waals surface area contributed by atoms with E-state index in [1.807, 2.05) is 6.07 Å². The molecule has 0 aliphatic heterocycles. The number of para-hydroxylation sites is 1. The second-order valence-corrected chi connectivity index (χ2v) is 8.79. The number of carbonyl (C=O) groups excluding carboxylic acids is 1. The van der Waals surface area contributed by atoms with Crippen LogP contribution >= 0.6 is 23.2 Å². The van der Waals surface area contributed by atoms with Crippen LogP contribution in [0.2, 0.25) is 10.0 Å². The second kappa shape index (κ2) is 10.5. The lowest BCUT2D eigenvalue weighted by atomic mass is 10.2. The predicted molar refractivity (Wildman–Crippen MR) is 113 cm³/mol. The Morgan fingerprint density at radius 1 is 1.11 bits per heavy atom. The van der Waals surface area contributed by atoms with Gasteiger partial charge in [0, 0.05) is 18.0 Å². The topological polar surface area (TPSA) is 75.7 Å². The van der Waals surface area contributed by atoms with Crippen molar-refractivity contribution in [3.63, 3.8) is 0 Å². The van der Waals surface area contributed by atoms with Crippen molar-refractivity contribution < 1.29 is 17.9 Å². The first-order valence-corrected chi connectivity index (χ1v) is 11.2. The summed E-state index contributed by atoms with van der Waals surface area (Å²) >= 11 is 11.8. The number of rotatable bonds is 10. The number of sulfonamides is 1. The van der Waals surface area contributed by atoms with Crippen LogP contribution in [0.3, 0.4) is 0 Å². The summed E-state index contributed by atoms with van der Waals surface area (Å²) in [5, 5.41) is 3.77. The Morgan fingerprint density at radius 2 is 1.79 bits per heavy atom. The minimum atomic E-state index is -3.46. The van der Waals surface area contributed by atoms with Crippen molar-refractivity contribution in [1.82, 2.24) is 5.32 Å². The molecule has 0 radical (unpaired) electrons. The number of halogens is 2. The molecule has 0 saturated heterocycles. The Morgan fingerprint density at radius 3 is 2.43 bits per heavy atom. The normalized spacial score (nSPS) is 11.1. The summed E-state index contributed by atoms with van der Waals surface area (Å²) in [6.45, 7) is 0.816. The summed E-state index contributed by atoms with van der Waals surface area (Å²) in [7, 11) is -3.46. The van der Waals surface area contributed by atoms with Crippen LogP contribution < -0.4 is 14.4 Å². The Balaban J connectivity index is 1.75. The molecular weight excluding hydrogens is 423 g/mol. The van der Waals surface area contributed by atoms with Crippen molar-refractivity contribution in [2.45, 2.75) is 12.8 Å². The molecule has 2 aromatic carbocycles. The summed E-state index contributed by atoms with van der Waals surface area (Å²) in [6.07, 6.45) is 1.71. The standard InChI is InChI=1S/C19H22Cl2N2O4S/c1-28(25,26)23(16-10-8-15(20)9-11-16)13-4-7-19(24)22-12-14-27-18-6-3-2-5-17(18)21/h2-3,5-6,8-11H,4,7,12-14H2,1H3,(H,22,24). The SMILES string of the molecule is CS(=O)(=O)N(CCCC(=O)NCCOc1ccccc1Cl)c1ccc(Cl)cc1. The van der Waals surface area contributed by atoms with Crippen molar-refractivity contribution in [3.8, 4) is 5.75 Å². The van der Waals surface area contributed by atoms with E-state index in [0.29, 0.717) is 34.4 Å². The van der Waals surface area contributed by atoms with E-state index in [-0.39, 0.29) is 25.5 Å². The summed E-state index contributed by atoms with van der Waals surface area (Å²) in [5.74, 6) is 0.387. The maximum absolute atomic E-state index is 12.0. The highest BCUT2D eigenvalue weighted by Gasteiger charge is 2.17. The largest absolute Gasteiger partial charge is 0.490 e. The van der Waals surface area contributed by atoms with Gasteiger partial charge in [0.2, 0.25) is 15.9 Å². The third kappa shape index (κ3) is 7.22. The molecule has 0 bridgehead atoms. The van der Waals surface area contributed by atoms with Gasteiger partial charge in [-0.3, -0.25) is 9.10 Å². The first-order chi connectivity index (χ1) is 13.3. The highest BCUT2D eigenvalue weighted by atomic mass is 35.5. The fourth-order valence-electron chi connectivity index (χ4n) is 2.48. The van der Waals surface area contributed by atoms with Crippen LogP contribution in [0.4, 0.5) is 5.69 Å². The summed E-state index contributed by atoms with van der Waals surface area (Å²) in [5.41, 5.74) is 0.514. The Labute approximate surface area is 175 Å². The lowest BCUT2D eigenvalue weighted by Gasteiger charge is -2.22. The van der Waals surface area contributed by atoms with Gasteiger partial charge in [-0.15, -0.1) is 0 Å². The van der Waals surface area contributed by atoms with Gasteiger partial charge in [-0.05, 0) is 42.8 Å². The van der Waals surface area contributed by atoms with E-state index in [1.165, 1.54) is 4.31 Å². The smallest absolute Gasteiger partial charge is 0.232 e. The third-order valence-electron chi connectivity index (χ3n) is 3.80. The molecule has 0 saturated carbocycles. The fraction of sp³-hybridized carbons (Fsp3) is 0.316. The zero-order valence-corrected chi connectivity index (χ0v) is 17.7. The summed E-state index contributed by atoms with van der Waals surface area (Å²) < 4.78 is 30.8. The van der Waals surface area contributed by atoms with Crippen LogP contribution in [0.5, 0.6) is 5.75 Å². The molecule has 0 atom stereocenters. The van der Waals surface area contributed by atoms with Crippen molar-refractivity contribution in [2.24, 2.45) is 0 Å². The van der Waals surface area contributed by atoms with Gasteiger partial charge < -0.3 is 10.1 Å². The molecule has 0 spiro atoms. The lowest BCUT2D eigenvalue weighted by molar-refractivity contribution is -0.121. The minimum absolute atomic E-state index is 0.174. The number of ether oxygens (including phenoxy) is 1. The van der Waals surface area contributed by atoms with E-state index in [2.05, 4.69) is 5.32 Å².